The van der Waals surface area contributed by atoms with Crippen molar-refractivity contribution < 1.29 is 13.9 Å². The van der Waals surface area contributed by atoms with Crippen molar-refractivity contribution in [3.8, 4) is 5.75 Å². The Bertz CT molecular complexity index is 1180. The van der Waals surface area contributed by atoms with E-state index in [2.05, 4.69) is 15.4 Å². The first kappa shape index (κ1) is 22.8. The number of hydrogen-bond donors (Lipinski definition) is 1. The summed E-state index contributed by atoms with van der Waals surface area (Å²) in [5, 5.41) is 8.24. The molecule has 2 unspecified atom stereocenters. The molecule has 7 nitrogen and oxygen atoms in total. The molecule has 1 aromatic carbocycles. The van der Waals surface area contributed by atoms with Crippen LogP contribution in [0.5, 0.6) is 5.75 Å². The highest BCUT2D eigenvalue weighted by molar-refractivity contribution is 6.31. The van der Waals surface area contributed by atoms with Crippen LogP contribution in [0.4, 0.5) is 4.39 Å². The van der Waals surface area contributed by atoms with Gasteiger partial charge in [-0.2, -0.15) is 5.10 Å². The first-order chi connectivity index (χ1) is 14.9. The number of hydrogen-bond acceptors (Lipinski definition) is 5. The molecule has 1 amide bonds. The average molecular weight is 480 g/mol. The Kier molecular flexibility index (Phi) is 6.29. The third-order valence-corrected chi connectivity index (χ3v) is 6.53. The Labute approximate surface area is 196 Å². The van der Waals surface area contributed by atoms with Crippen molar-refractivity contribution in [2.24, 2.45) is 0 Å². The minimum absolute atomic E-state index is 0. The molecular weight excluding hydrogens is 456 g/mol. The lowest BCUT2D eigenvalue weighted by atomic mass is 10.1. The van der Waals surface area contributed by atoms with Crippen LogP contribution in [0.2, 0.25) is 5.02 Å². The van der Waals surface area contributed by atoms with Gasteiger partial charge in [0.25, 0.3) is 5.91 Å². The molecule has 32 heavy (non-hydrogen) atoms. The van der Waals surface area contributed by atoms with Gasteiger partial charge in [0, 0.05) is 12.1 Å². The first-order valence-electron chi connectivity index (χ1n) is 10.4. The maximum Gasteiger partial charge on any atom is 0.258 e. The molecule has 2 aromatic heterocycles. The van der Waals surface area contributed by atoms with E-state index in [4.69, 9.17) is 16.3 Å². The van der Waals surface area contributed by atoms with Crippen LogP contribution in [0, 0.1) is 13.8 Å². The van der Waals surface area contributed by atoms with Crippen LogP contribution in [0.3, 0.4) is 0 Å². The van der Waals surface area contributed by atoms with E-state index in [1.54, 1.807) is 33.7 Å². The molecule has 1 saturated heterocycles. The minimum atomic E-state index is -1.11. The van der Waals surface area contributed by atoms with Gasteiger partial charge in [0.05, 0.1) is 40.8 Å². The van der Waals surface area contributed by atoms with E-state index in [1.807, 2.05) is 13.8 Å². The first-order valence-corrected chi connectivity index (χ1v) is 10.7. The Morgan fingerprint density at radius 3 is 2.84 bits per heavy atom. The van der Waals surface area contributed by atoms with Crippen molar-refractivity contribution >= 4 is 35.6 Å². The summed E-state index contributed by atoms with van der Waals surface area (Å²) in [6.45, 7) is 5.50. The fourth-order valence-electron chi connectivity index (χ4n) is 4.27. The highest BCUT2D eigenvalue weighted by Crippen LogP contribution is 2.31. The van der Waals surface area contributed by atoms with E-state index >= 15 is 0 Å². The molecule has 0 saturated carbocycles. The molecule has 170 valence electrons. The highest BCUT2D eigenvalue weighted by Gasteiger charge is 2.33. The van der Waals surface area contributed by atoms with E-state index in [1.165, 1.54) is 0 Å². The van der Waals surface area contributed by atoms with Gasteiger partial charge in [-0.15, -0.1) is 12.4 Å². The fraction of sp³-hybridized carbons (Fsp3) is 0.409. The Hall–Kier alpha value is -2.42. The number of alkyl halides is 1. The molecule has 3 aromatic rings. The number of piperidine rings is 1. The van der Waals surface area contributed by atoms with Crippen molar-refractivity contribution in [2.45, 2.75) is 45.6 Å². The second-order valence-electron chi connectivity index (χ2n) is 8.08. The lowest BCUT2D eigenvalue weighted by Crippen LogP contribution is -2.44. The normalized spacial score (nSPS) is 20.2. The SMILES string of the molecule is Cc1nc2c3c(nn2c(C)c1Cl)CN(C(=O)c1ccccc1OC1CCNCC1F)C3.Cl. The lowest BCUT2D eigenvalue weighted by molar-refractivity contribution is 0.0659. The summed E-state index contributed by atoms with van der Waals surface area (Å²) in [6, 6.07) is 7.04. The highest BCUT2D eigenvalue weighted by atomic mass is 35.5. The van der Waals surface area contributed by atoms with Crippen LogP contribution in [-0.4, -0.2) is 50.8 Å². The summed E-state index contributed by atoms with van der Waals surface area (Å²) in [5.74, 6) is 0.246. The van der Waals surface area contributed by atoms with E-state index in [0.717, 1.165) is 28.3 Å². The van der Waals surface area contributed by atoms with Crippen LogP contribution >= 0.6 is 24.0 Å². The van der Waals surface area contributed by atoms with Gasteiger partial charge in [0.15, 0.2) is 5.65 Å². The largest absolute Gasteiger partial charge is 0.486 e. The van der Waals surface area contributed by atoms with E-state index in [9.17, 15) is 9.18 Å². The molecule has 5 rings (SSSR count). The van der Waals surface area contributed by atoms with Crippen LogP contribution < -0.4 is 10.1 Å². The molecular formula is C22H24Cl2FN5O2. The number of benzene rings is 1. The van der Waals surface area contributed by atoms with Crippen LogP contribution in [0.15, 0.2) is 24.3 Å². The Morgan fingerprint density at radius 2 is 2.06 bits per heavy atom. The smallest absolute Gasteiger partial charge is 0.258 e. The zero-order valence-corrected chi connectivity index (χ0v) is 19.3. The third kappa shape index (κ3) is 3.80. The molecule has 4 heterocycles. The lowest BCUT2D eigenvalue weighted by Gasteiger charge is -2.28. The Balaban J connectivity index is 0.00000245. The van der Waals surface area contributed by atoms with Crippen LogP contribution in [-0.2, 0) is 13.1 Å². The molecule has 2 aliphatic heterocycles. The number of halogens is 3. The van der Waals surface area contributed by atoms with E-state index in [0.29, 0.717) is 42.4 Å². The number of ether oxygens (including phenoxy) is 1. The number of nitrogens with one attached hydrogen (secondary N) is 1. The number of nitrogens with zero attached hydrogens (tertiary/aromatic N) is 4. The summed E-state index contributed by atoms with van der Waals surface area (Å²) >= 11 is 6.31. The van der Waals surface area contributed by atoms with Crippen LogP contribution in [0.1, 0.15) is 39.4 Å². The standard InChI is InChI=1S/C22H23ClFN5O2.ClH/c1-12-20(23)13(2)29-21(26-12)15-10-28(11-17(15)27-29)22(30)14-5-3-4-6-18(14)31-19-7-8-25-9-16(19)24;/h3-6,16,19,25H,7-11H2,1-2H3;1H. The monoisotopic (exact) mass is 479 g/mol. The maximum absolute atomic E-state index is 14.2. The predicted molar refractivity (Wildman–Crippen MR) is 122 cm³/mol. The predicted octanol–water partition coefficient (Wildman–Crippen LogP) is 3.66. The minimum Gasteiger partial charge on any atom is -0.486 e. The summed E-state index contributed by atoms with van der Waals surface area (Å²) in [4.78, 5) is 19.7. The number of rotatable bonds is 3. The molecule has 1 fully saturated rings. The molecule has 0 bridgehead atoms. The quantitative estimate of drug-likeness (QED) is 0.620. The number of fused-ring (bicyclic) bond motifs is 3. The summed E-state index contributed by atoms with van der Waals surface area (Å²) in [7, 11) is 0. The molecule has 0 spiro atoms. The number of para-hydroxylation sites is 1. The van der Waals surface area contributed by atoms with Gasteiger partial charge in [0.2, 0.25) is 0 Å². The second-order valence-corrected chi connectivity index (χ2v) is 8.46. The molecule has 1 N–H and O–H groups in total. The summed E-state index contributed by atoms with van der Waals surface area (Å²) in [5.41, 5.74) is 4.46. The van der Waals surface area contributed by atoms with Gasteiger partial charge in [-0.05, 0) is 38.9 Å². The number of aryl methyl sites for hydroxylation is 2. The Morgan fingerprint density at radius 1 is 1.28 bits per heavy atom. The summed E-state index contributed by atoms with van der Waals surface area (Å²) in [6.07, 6.45) is -1.11. The van der Waals surface area contributed by atoms with Gasteiger partial charge in [0.1, 0.15) is 18.0 Å². The molecule has 2 aliphatic rings. The van der Waals surface area contributed by atoms with Crippen molar-refractivity contribution in [2.75, 3.05) is 13.1 Å². The van der Waals surface area contributed by atoms with Crippen molar-refractivity contribution in [1.82, 2.24) is 24.8 Å². The maximum atomic E-state index is 14.2. The van der Waals surface area contributed by atoms with E-state index < -0.39 is 12.3 Å². The van der Waals surface area contributed by atoms with Crippen LogP contribution in [0.25, 0.3) is 5.65 Å². The second kappa shape index (κ2) is 8.84. The number of carbonyl (C=O) groups excluding carboxylic acids is 1. The molecule has 2 atom stereocenters. The van der Waals surface area contributed by atoms with Crippen molar-refractivity contribution in [3.05, 3.63) is 57.5 Å². The number of carbonyl (C=O) groups is 1. The van der Waals surface area contributed by atoms with Crippen molar-refractivity contribution in [3.63, 3.8) is 0 Å². The van der Waals surface area contributed by atoms with Gasteiger partial charge in [-0.1, -0.05) is 23.7 Å². The van der Waals surface area contributed by atoms with Gasteiger partial charge in [-0.25, -0.2) is 13.9 Å². The van der Waals surface area contributed by atoms with Crippen molar-refractivity contribution in [1.29, 1.82) is 0 Å². The molecule has 0 aliphatic carbocycles. The fourth-order valence-corrected chi connectivity index (χ4v) is 4.39. The number of amides is 1. The van der Waals surface area contributed by atoms with Gasteiger partial charge >= 0.3 is 0 Å². The summed E-state index contributed by atoms with van der Waals surface area (Å²) < 4.78 is 21.9. The molecule has 0 radical (unpaired) electrons. The van der Waals surface area contributed by atoms with Gasteiger partial charge < -0.3 is 15.0 Å². The zero-order chi connectivity index (χ0) is 21.7. The van der Waals surface area contributed by atoms with Gasteiger partial charge in [-0.3, -0.25) is 4.79 Å². The number of aromatic nitrogens is 3. The average Bonchev–Trinajstić information content (AvgIpc) is 3.33. The molecule has 10 heteroatoms. The topological polar surface area (TPSA) is 71.8 Å². The zero-order valence-electron chi connectivity index (χ0n) is 17.8. The van der Waals surface area contributed by atoms with E-state index in [-0.39, 0.29) is 24.9 Å². The third-order valence-electron chi connectivity index (χ3n) is 5.99.